The maximum absolute atomic E-state index is 12.6. The van der Waals surface area contributed by atoms with Crippen molar-refractivity contribution in [3.63, 3.8) is 0 Å². The first-order chi connectivity index (χ1) is 9.19. The van der Waals surface area contributed by atoms with Gasteiger partial charge in [-0.2, -0.15) is 0 Å². The van der Waals surface area contributed by atoms with Crippen LogP contribution in [0.1, 0.15) is 41.7 Å². The zero-order valence-electron chi connectivity index (χ0n) is 11.4. The highest BCUT2D eigenvalue weighted by atomic mass is 16.3. The number of carbonyl (C=O) groups is 1. The number of hydrogen-bond acceptors (Lipinski definition) is 2. The van der Waals surface area contributed by atoms with Gasteiger partial charge in [0.15, 0.2) is 5.78 Å². The first kappa shape index (κ1) is 12.4. The fraction of sp³-hybridized carbons (Fsp3) is 0.438. The van der Waals surface area contributed by atoms with E-state index < -0.39 is 0 Å². The lowest BCUT2D eigenvalue weighted by Gasteiger charge is -2.28. The Kier molecular flexibility index (Phi) is 2.94. The van der Waals surface area contributed by atoms with Crippen LogP contribution in [-0.2, 0) is 7.05 Å². The lowest BCUT2D eigenvalue weighted by atomic mass is 9.78. The molecule has 0 saturated carbocycles. The van der Waals surface area contributed by atoms with E-state index in [1.54, 1.807) is 0 Å². The van der Waals surface area contributed by atoms with Gasteiger partial charge in [-0.25, -0.2) is 0 Å². The van der Waals surface area contributed by atoms with Crippen LogP contribution in [0, 0.1) is 5.92 Å². The van der Waals surface area contributed by atoms with E-state index in [-0.39, 0.29) is 18.3 Å². The fourth-order valence-electron chi connectivity index (χ4n) is 3.43. The summed E-state index contributed by atoms with van der Waals surface area (Å²) in [5, 5.41) is 10.5. The Morgan fingerprint density at radius 3 is 2.74 bits per heavy atom. The summed E-state index contributed by atoms with van der Waals surface area (Å²) in [7, 11) is 2.04. The molecule has 3 heteroatoms. The first-order valence-electron chi connectivity index (χ1n) is 6.91. The number of carbonyl (C=O) groups excluding carboxylic acids is 1. The monoisotopic (exact) mass is 257 g/mol. The molecule has 3 nitrogen and oxygen atoms in total. The molecule has 1 heterocycles. The van der Waals surface area contributed by atoms with Crippen LogP contribution in [0.15, 0.2) is 24.3 Å². The fourth-order valence-corrected chi connectivity index (χ4v) is 3.43. The number of para-hydroxylation sites is 1. The van der Waals surface area contributed by atoms with Gasteiger partial charge in [0.25, 0.3) is 0 Å². The third-order valence-corrected chi connectivity index (χ3v) is 4.44. The van der Waals surface area contributed by atoms with Gasteiger partial charge in [-0.3, -0.25) is 4.79 Å². The van der Waals surface area contributed by atoms with E-state index in [2.05, 4.69) is 17.6 Å². The molecule has 0 radical (unpaired) electrons. The number of benzene rings is 1. The van der Waals surface area contributed by atoms with Crippen LogP contribution in [0.5, 0.6) is 0 Å². The summed E-state index contributed by atoms with van der Waals surface area (Å²) >= 11 is 0. The molecule has 1 N–H and O–H groups in total. The lowest BCUT2D eigenvalue weighted by molar-refractivity contribution is 0.0822. The molecule has 1 aromatic heterocycles. The molecule has 1 aliphatic rings. The van der Waals surface area contributed by atoms with Crippen molar-refractivity contribution in [2.45, 2.75) is 25.7 Å². The molecule has 0 fully saturated rings. The second kappa shape index (κ2) is 4.49. The van der Waals surface area contributed by atoms with Crippen LogP contribution in [0.4, 0.5) is 0 Å². The molecular weight excluding hydrogens is 238 g/mol. The van der Waals surface area contributed by atoms with Crippen molar-refractivity contribution in [3.8, 4) is 0 Å². The number of hydrogen-bond donors (Lipinski definition) is 1. The van der Waals surface area contributed by atoms with Gasteiger partial charge >= 0.3 is 0 Å². The zero-order chi connectivity index (χ0) is 13.6. The summed E-state index contributed by atoms with van der Waals surface area (Å²) in [6.07, 6.45) is 1.77. The molecule has 0 amide bonds. The minimum absolute atomic E-state index is 0.0437. The molecule has 0 bridgehead atoms. The molecule has 2 unspecified atom stereocenters. The van der Waals surface area contributed by atoms with Crippen LogP contribution in [-0.4, -0.2) is 22.1 Å². The highest BCUT2D eigenvalue weighted by Gasteiger charge is 2.36. The minimum atomic E-state index is -0.233. The van der Waals surface area contributed by atoms with E-state index in [1.807, 2.05) is 25.2 Å². The van der Waals surface area contributed by atoms with E-state index in [1.165, 1.54) is 0 Å². The van der Waals surface area contributed by atoms with Gasteiger partial charge in [0.2, 0.25) is 0 Å². The Balaban J connectivity index is 2.33. The maximum atomic E-state index is 12.6. The highest BCUT2D eigenvalue weighted by Crippen LogP contribution is 2.41. The largest absolute Gasteiger partial charge is 0.396 e. The summed E-state index contributed by atoms with van der Waals surface area (Å²) in [6.45, 7) is 2.11. The van der Waals surface area contributed by atoms with Crippen LogP contribution in [0.2, 0.25) is 0 Å². The third kappa shape index (κ3) is 1.65. The minimum Gasteiger partial charge on any atom is -0.396 e. The topological polar surface area (TPSA) is 42.2 Å². The number of aliphatic hydroxyl groups is 1. The number of nitrogens with zero attached hydrogens (tertiary/aromatic N) is 1. The van der Waals surface area contributed by atoms with E-state index in [0.29, 0.717) is 5.92 Å². The third-order valence-electron chi connectivity index (χ3n) is 4.44. The number of Topliss-reactive ketones (excluding diaryl/α,β-unsaturated/α-hetero) is 1. The van der Waals surface area contributed by atoms with E-state index >= 15 is 0 Å². The smallest absolute Gasteiger partial charge is 0.170 e. The van der Waals surface area contributed by atoms with Crippen LogP contribution < -0.4 is 0 Å². The standard InChI is InChI=1S/C16H19NO2/c1-3-10-8-11(9-18)16(19)14-12-6-4-5-7-13(12)17(2)15(10)14/h4-7,10-11,18H,3,8-9H2,1-2H3. The Hall–Kier alpha value is -1.61. The Bertz CT molecular complexity index is 641. The molecule has 1 aromatic carbocycles. The number of fused-ring (bicyclic) bond motifs is 3. The van der Waals surface area contributed by atoms with Gasteiger partial charge in [0.1, 0.15) is 0 Å². The summed E-state index contributed by atoms with van der Waals surface area (Å²) in [5.74, 6) is 0.240. The SMILES string of the molecule is CCC1CC(CO)C(=O)c2c1n(C)c1ccccc21. The second-order valence-corrected chi connectivity index (χ2v) is 5.42. The molecule has 19 heavy (non-hydrogen) atoms. The number of aromatic nitrogens is 1. The van der Waals surface area contributed by atoms with Gasteiger partial charge in [-0.1, -0.05) is 25.1 Å². The van der Waals surface area contributed by atoms with Crippen LogP contribution in [0.3, 0.4) is 0 Å². The number of rotatable bonds is 2. The van der Waals surface area contributed by atoms with Gasteiger partial charge in [0, 0.05) is 41.0 Å². The molecule has 100 valence electrons. The van der Waals surface area contributed by atoms with Crippen LogP contribution in [0.25, 0.3) is 10.9 Å². The van der Waals surface area contributed by atoms with Gasteiger partial charge in [0.05, 0.1) is 6.61 Å². The van der Waals surface area contributed by atoms with Crippen molar-refractivity contribution >= 4 is 16.7 Å². The van der Waals surface area contributed by atoms with Crippen molar-refractivity contribution < 1.29 is 9.90 Å². The van der Waals surface area contributed by atoms with Gasteiger partial charge < -0.3 is 9.67 Å². The predicted molar refractivity (Wildman–Crippen MR) is 75.5 cm³/mol. The first-order valence-corrected chi connectivity index (χ1v) is 6.91. The summed E-state index contributed by atoms with van der Waals surface area (Å²) in [4.78, 5) is 12.6. The second-order valence-electron chi connectivity index (χ2n) is 5.42. The van der Waals surface area contributed by atoms with Crippen molar-refractivity contribution in [1.29, 1.82) is 0 Å². The highest BCUT2D eigenvalue weighted by molar-refractivity contribution is 6.11. The average molecular weight is 257 g/mol. The van der Waals surface area contributed by atoms with Gasteiger partial charge in [-0.15, -0.1) is 0 Å². The van der Waals surface area contributed by atoms with Crippen molar-refractivity contribution in [3.05, 3.63) is 35.5 Å². The molecule has 2 aromatic rings. The summed E-state index contributed by atoms with van der Waals surface area (Å²) in [5.41, 5.74) is 3.10. The molecule has 3 rings (SSSR count). The number of aliphatic hydroxyl groups excluding tert-OH is 1. The van der Waals surface area contributed by atoms with Crippen LogP contribution >= 0.6 is 0 Å². The molecule has 2 atom stereocenters. The zero-order valence-corrected chi connectivity index (χ0v) is 11.4. The Morgan fingerprint density at radius 1 is 1.32 bits per heavy atom. The molecule has 1 aliphatic carbocycles. The molecule has 0 saturated heterocycles. The molecule has 0 aliphatic heterocycles. The van der Waals surface area contributed by atoms with Crippen molar-refractivity contribution in [2.24, 2.45) is 13.0 Å². The Morgan fingerprint density at radius 2 is 2.05 bits per heavy atom. The predicted octanol–water partition coefficient (Wildman–Crippen LogP) is 2.87. The van der Waals surface area contributed by atoms with E-state index in [0.717, 1.165) is 35.0 Å². The average Bonchev–Trinajstić information content (AvgIpc) is 2.75. The van der Waals surface area contributed by atoms with Crippen molar-refractivity contribution in [1.82, 2.24) is 4.57 Å². The molecule has 0 spiro atoms. The number of ketones is 1. The van der Waals surface area contributed by atoms with E-state index in [4.69, 9.17) is 0 Å². The lowest BCUT2D eigenvalue weighted by Crippen LogP contribution is -2.28. The Labute approximate surface area is 112 Å². The van der Waals surface area contributed by atoms with Gasteiger partial charge in [-0.05, 0) is 18.9 Å². The summed E-state index contributed by atoms with van der Waals surface area (Å²) < 4.78 is 2.16. The van der Waals surface area contributed by atoms with Crippen molar-refractivity contribution in [2.75, 3.05) is 6.61 Å². The quantitative estimate of drug-likeness (QED) is 0.899. The number of aryl methyl sites for hydroxylation is 1. The maximum Gasteiger partial charge on any atom is 0.170 e. The molecular formula is C16H19NO2. The van der Waals surface area contributed by atoms with E-state index in [9.17, 15) is 9.90 Å². The normalized spacial score (nSPS) is 22.8. The summed E-state index contributed by atoms with van der Waals surface area (Å²) in [6, 6.07) is 8.04.